The van der Waals surface area contributed by atoms with Gasteiger partial charge in [-0.05, 0) is 51.4 Å². The number of nitrogens with zero attached hydrogens (tertiary/aromatic N) is 1. The van der Waals surface area contributed by atoms with E-state index in [0.717, 1.165) is 25.2 Å². The molecule has 2 rings (SSSR count). The Bertz CT molecular complexity index is 425. The molecule has 0 radical (unpaired) electrons. The van der Waals surface area contributed by atoms with Crippen LogP contribution in [0.4, 0.5) is 0 Å². The predicted molar refractivity (Wildman–Crippen MR) is 76.3 cm³/mol. The molecule has 19 heavy (non-hydrogen) atoms. The Hall–Kier alpha value is -1.35. The largest absolute Gasteiger partial charge is 0.458 e. The van der Waals surface area contributed by atoms with Crippen molar-refractivity contribution in [3.8, 4) is 0 Å². The lowest BCUT2D eigenvalue weighted by Gasteiger charge is -2.28. The number of rotatable bonds is 4. The third-order valence-corrected chi connectivity index (χ3v) is 3.64. The average molecular weight is 261 g/mol. The van der Waals surface area contributed by atoms with Crippen molar-refractivity contribution in [3.63, 3.8) is 0 Å². The molecule has 104 valence electrons. The monoisotopic (exact) mass is 261 g/mol. The summed E-state index contributed by atoms with van der Waals surface area (Å²) >= 11 is 0. The summed E-state index contributed by atoms with van der Waals surface area (Å²) in [5.74, 6) is -0.206. The van der Waals surface area contributed by atoms with E-state index in [0.29, 0.717) is 5.56 Å². The molecule has 0 aliphatic carbocycles. The normalized spacial score (nSPS) is 18.0. The summed E-state index contributed by atoms with van der Waals surface area (Å²) in [5.41, 5.74) is 1.64. The summed E-state index contributed by atoms with van der Waals surface area (Å²) in [6, 6.07) is 7.57. The van der Waals surface area contributed by atoms with Crippen LogP contribution in [0, 0.1) is 6.92 Å². The molecule has 0 N–H and O–H groups in total. The zero-order chi connectivity index (χ0) is 13.7. The second kappa shape index (κ2) is 6.71. The molecule has 1 saturated heterocycles. The number of ether oxygens (including phenoxy) is 1. The first-order valence-corrected chi connectivity index (χ1v) is 7.16. The van der Waals surface area contributed by atoms with Gasteiger partial charge in [0.15, 0.2) is 0 Å². The predicted octanol–water partition coefficient (Wildman–Crippen LogP) is 3.03. The van der Waals surface area contributed by atoms with Gasteiger partial charge in [-0.15, -0.1) is 0 Å². The Morgan fingerprint density at radius 3 is 2.63 bits per heavy atom. The van der Waals surface area contributed by atoms with Crippen molar-refractivity contribution in [2.24, 2.45) is 0 Å². The van der Waals surface area contributed by atoms with Crippen molar-refractivity contribution in [1.29, 1.82) is 0 Å². The standard InChI is InChI=1S/C16H23NO2/c1-13-8-4-5-9-15(13)16(18)19-14(2)12-17-10-6-3-7-11-17/h4-5,8-9,14H,3,6-7,10-12H2,1-2H3/t14-/m1/s1. The molecule has 3 heteroatoms. The molecule has 1 fully saturated rings. The lowest BCUT2D eigenvalue weighted by atomic mass is 10.1. The molecule has 1 atom stereocenters. The maximum absolute atomic E-state index is 12.1. The van der Waals surface area contributed by atoms with Gasteiger partial charge in [0.2, 0.25) is 0 Å². The second-order valence-electron chi connectivity index (χ2n) is 5.39. The number of likely N-dealkylation sites (tertiary alicyclic amines) is 1. The quantitative estimate of drug-likeness (QED) is 0.780. The van der Waals surface area contributed by atoms with Gasteiger partial charge in [-0.1, -0.05) is 24.6 Å². The first-order chi connectivity index (χ1) is 9.16. The molecule has 0 aromatic heterocycles. The van der Waals surface area contributed by atoms with Crippen molar-refractivity contribution in [2.45, 2.75) is 39.2 Å². The highest BCUT2D eigenvalue weighted by molar-refractivity contribution is 5.91. The Morgan fingerprint density at radius 1 is 1.26 bits per heavy atom. The van der Waals surface area contributed by atoms with E-state index in [1.165, 1.54) is 19.3 Å². The third kappa shape index (κ3) is 4.06. The fraction of sp³-hybridized carbons (Fsp3) is 0.562. The highest BCUT2D eigenvalue weighted by Crippen LogP contribution is 2.12. The lowest BCUT2D eigenvalue weighted by molar-refractivity contribution is 0.0235. The molecule has 1 aliphatic heterocycles. The zero-order valence-corrected chi connectivity index (χ0v) is 11.9. The Labute approximate surface area is 115 Å². The van der Waals surface area contributed by atoms with Crippen LogP contribution < -0.4 is 0 Å². The minimum absolute atomic E-state index is 0.0507. The van der Waals surface area contributed by atoms with Crippen LogP contribution in [0.15, 0.2) is 24.3 Å². The van der Waals surface area contributed by atoms with Gasteiger partial charge in [0, 0.05) is 6.54 Å². The number of carbonyl (C=O) groups is 1. The molecular weight excluding hydrogens is 238 g/mol. The van der Waals surface area contributed by atoms with Crippen LogP contribution in [0.1, 0.15) is 42.1 Å². The molecular formula is C16H23NO2. The van der Waals surface area contributed by atoms with Gasteiger partial charge in [0.05, 0.1) is 5.56 Å². The van der Waals surface area contributed by atoms with Crippen LogP contribution in [-0.2, 0) is 4.74 Å². The van der Waals surface area contributed by atoms with Gasteiger partial charge in [-0.3, -0.25) is 4.90 Å². The first-order valence-electron chi connectivity index (χ1n) is 7.16. The smallest absolute Gasteiger partial charge is 0.338 e. The summed E-state index contributed by atoms with van der Waals surface area (Å²) in [7, 11) is 0. The molecule has 1 aromatic carbocycles. The lowest BCUT2D eigenvalue weighted by Crippen LogP contribution is -2.37. The van der Waals surface area contributed by atoms with E-state index in [1.54, 1.807) is 0 Å². The third-order valence-electron chi connectivity index (χ3n) is 3.64. The van der Waals surface area contributed by atoms with Gasteiger partial charge in [0.1, 0.15) is 6.10 Å². The van der Waals surface area contributed by atoms with Crippen molar-refractivity contribution < 1.29 is 9.53 Å². The van der Waals surface area contributed by atoms with Crippen molar-refractivity contribution in [2.75, 3.05) is 19.6 Å². The van der Waals surface area contributed by atoms with Gasteiger partial charge >= 0.3 is 5.97 Å². The molecule has 0 unspecified atom stereocenters. The van der Waals surface area contributed by atoms with Crippen LogP contribution in [0.5, 0.6) is 0 Å². The molecule has 1 heterocycles. The van der Waals surface area contributed by atoms with E-state index in [1.807, 2.05) is 38.1 Å². The number of hydrogen-bond acceptors (Lipinski definition) is 3. The zero-order valence-electron chi connectivity index (χ0n) is 11.9. The van der Waals surface area contributed by atoms with Gasteiger partial charge in [-0.2, -0.15) is 0 Å². The molecule has 1 aromatic rings. The van der Waals surface area contributed by atoms with E-state index in [9.17, 15) is 4.79 Å². The topological polar surface area (TPSA) is 29.5 Å². The Kier molecular flexibility index (Phi) is 4.97. The SMILES string of the molecule is Cc1ccccc1C(=O)O[C@H](C)CN1CCCCC1. The van der Waals surface area contributed by atoms with Crippen LogP contribution in [-0.4, -0.2) is 36.6 Å². The minimum Gasteiger partial charge on any atom is -0.458 e. The van der Waals surface area contributed by atoms with E-state index >= 15 is 0 Å². The Balaban J connectivity index is 1.86. The highest BCUT2D eigenvalue weighted by atomic mass is 16.5. The van der Waals surface area contributed by atoms with Crippen LogP contribution in [0.3, 0.4) is 0 Å². The van der Waals surface area contributed by atoms with E-state index in [-0.39, 0.29) is 12.1 Å². The molecule has 0 saturated carbocycles. The van der Waals surface area contributed by atoms with Crippen LogP contribution in [0.2, 0.25) is 0 Å². The average Bonchev–Trinajstić information content (AvgIpc) is 2.40. The molecule has 3 nitrogen and oxygen atoms in total. The fourth-order valence-electron chi connectivity index (χ4n) is 2.59. The number of aryl methyl sites for hydroxylation is 1. The van der Waals surface area contributed by atoms with E-state index < -0.39 is 0 Å². The number of carbonyl (C=O) groups excluding carboxylic acids is 1. The fourth-order valence-corrected chi connectivity index (χ4v) is 2.59. The second-order valence-corrected chi connectivity index (χ2v) is 5.39. The summed E-state index contributed by atoms with van der Waals surface area (Å²) in [4.78, 5) is 14.5. The first kappa shape index (κ1) is 14.1. The van der Waals surface area contributed by atoms with Crippen molar-refractivity contribution in [3.05, 3.63) is 35.4 Å². The minimum atomic E-state index is -0.206. The maximum atomic E-state index is 12.1. The molecule has 0 spiro atoms. The molecule has 0 bridgehead atoms. The summed E-state index contributed by atoms with van der Waals surface area (Å²) in [6.07, 6.45) is 3.80. The van der Waals surface area contributed by atoms with Crippen molar-refractivity contribution >= 4 is 5.97 Å². The maximum Gasteiger partial charge on any atom is 0.338 e. The summed E-state index contributed by atoms with van der Waals surface area (Å²) in [6.45, 7) is 7.02. The van der Waals surface area contributed by atoms with Gasteiger partial charge in [-0.25, -0.2) is 4.79 Å². The number of esters is 1. The van der Waals surface area contributed by atoms with Gasteiger partial charge in [0.25, 0.3) is 0 Å². The highest BCUT2D eigenvalue weighted by Gasteiger charge is 2.17. The summed E-state index contributed by atoms with van der Waals surface area (Å²) in [5, 5.41) is 0. The van der Waals surface area contributed by atoms with Gasteiger partial charge < -0.3 is 4.74 Å². The summed E-state index contributed by atoms with van der Waals surface area (Å²) < 4.78 is 5.54. The van der Waals surface area contributed by atoms with Crippen molar-refractivity contribution in [1.82, 2.24) is 4.90 Å². The number of benzene rings is 1. The van der Waals surface area contributed by atoms with Crippen LogP contribution >= 0.6 is 0 Å². The number of hydrogen-bond donors (Lipinski definition) is 0. The molecule has 1 aliphatic rings. The molecule has 0 amide bonds. The van der Waals surface area contributed by atoms with E-state index in [4.69, 9.17) is 4.74 Å². The number of piperidine rings is 1. The van der Waals surface area contributed by atoms with E-state index in [2.05, 4.69) is 4.90 Å². The Morgan fingerprint density at radius 2 is 1.95 bits per heavy atom. The van der Waals surface area contributed by atoms with Crippen LogP contribution in [0.25, 0.3) is 0 Å².